The molecule has 0 radical (unpaired) electrons. The van der Waals surface area contributed by atoms with Gasteiger partial charge in [0.2, 0.25) is 0 Å². The van der Waals surface area contributed by atoms with Gasteiger partial charge in [0.25, 0.3) is 0 Å². The number of halogens is 1. The predicted molar refractivity (Wildman–Crippen MR) is 56.0 cm³/mol. The van der Waals surface area contributed by atoms with E-state index >= 15 is 0 Å². The van der Waals surface area contributed by atoms with Gasteiger partial charge in [-0.3, -0.25) is 0 Å². The summed E-state index contributed by atoms with van der Waals surface area (Å²) in [6.07, 6.45) is 4.72. The third-order valence-corrected chi connectivity index (χ3v) is 1.94. The first-order valence-corrected chi connectivity index (χ1v) is 4.69. The molecule has 0 amide bonds. The molecular formula is C12H13FO2. The fourth-order valence-electron chi connectivity index (χ4n) is 1.16. The second-order valence-electron chi connectivity index (χ2n) is 3.16. The van der Waals surface area contributed by atoms with Gasteiger partial charge in [0.05, 0.1) is 12.7 Å². The predicted octanol–water partition coefficient (Wildman–Crippen LogP) is 2.28. The van der Waals surface area contributed by atoms with Crippen molar-refractivity contribution in [1.29, 1.82) is 0 Å². The van der Waals surface area contributed by atoms with Crippen molar-refractivity contribution in [3.05, 3.63) is 29.6 Å². The van der Waals surface area contributed by atoms with E-state index in [1.807, 2.05) is 0 Å². The highest BCUT2D eigenvalue weighted by Gasteiger charge is 2.08. The molecule has 0 bridgehead atoms. The minimum atomic E-state index is -0.815. The topological polar surface area (TPSA) is 29.5 Å². The Morgan fingerprint density at radius 2 is 2.33 bits per heavy atom. The fourth-order valence-corrected chi connectivity index (χ4v) is 1.16. The van der Waals surface area contributed by atoms with Gasteiger partial charge in [0.15, 0.2) is 0 Å². The number of hydrogen-bond donors (Lipinski definition) is 1. The zero-order valence-electron chi connectivity index (χ0n) is 8.53. The molecule has 0 aliphatic carbocycles. The van der Waals surface area contributed by atoms with Crippen LogP contribution in [0.3, 0.4) is 0 Å². The van der Waals surface area contributed by atoms with Gasteiger partial charge >= 0.3 is 0 Å². The van der Waals surface area contributed by atoms with E-state index in [9.17, 15) is 9.50 Å². The van der Waals surface area contributed by atoms with Crippen LogP contribution in [-0.2, 0) is 0 Å². The van der Waals surface area contributed by atoms with Gasteiger partial charge in [0.1, 0.15) is 11.6 Å². The SMILES string of the molecule is C#CCCOc1ccc([C@H](C)O)c(F)c1. The van der Waals surface area contributed by atoms with Crippen molar-refractivity contribution in [1.82, 2.24) is 0 Å². The Morgan fingerprint density at radius 1 is 1.60 bits per heavy atom. The number of benzene rings is 1. The molecule has 15 heavy (non-hydrogen) atoms. The largest absolute Gasteiger partial charge is 0.492 e. The van der Waals surface area contributed by atoms with Gasteiger partial charge in [-0.05, 0) is 19.1 Å². The van der Waals surface area contributed by atoms with Gasteiger partial charge in [-0.15, -0.1) is 12.3 Å². The van der Waals surface area contributed by atoms with E-state index in [-0.39, 0.29) is 5.56 Å². The van der Waals surface area contributed by atoms with Crippen molar-refractivity contribution in [3.8, 4) is 18.1 Å². The molecule has 0 saturated heterocycles. The highest BCUT2D eigenvalue weighted by atomic mass is 19.1. The second kappa shape index (κ2) is 5.38. The number of terminal acetylenes is 1. The van der Waals surface area contributed by atoms with Crippen molar-refractivity contribution in [2.45, 2.75) is 19.4 Å². The first-order valence-electron chi connectivity index (χ1n) is 4.69. The summed E-state index contributed by atoms with van der Waals surface area (Å²) < 4.78 is 18.5. The molecule has 0 saturated carbocycles. The van der Waals surface area contributed by atoms with Crippen LogP contribution in [-0.4, -0.2) is 11.7 Å². The Hall–Kier alpha value is -1.53. The maximum Gasteiger partial charge on any atom is 0.132 e. The molecular weight excluding hydrogens is 195 g/mol. The zero-order chi connectivity index (χ0) is 11.3. The van der Waals surface area contributed by atoms with E-state index in [1.165, 1.54) is 19.1 Å². The summed E-state index contributed by atoms with van der Waals surface area (Å²) >= 11 is 0. The van der Waals surface area contributed by atoms with E-state index in [1.54, 1.807) is 6.07 Å². The lowest BCUT2D eigenvalue weighted by Crippen LogP contribution is -1.99. The van der Waals surface area contributed by atoms with Crippen molar-refractivity contribution >= 4 is 0 Å². The molecule has 0 heterocycles. The third-order valence-electron chi connectivity index (χ3n) is 1.94. The van der Waals surface area contributed by atoms with Crippen LogP contribution in [0, 0.1) is 18.2 Å². The Kier molecular flexibility index (Phi) is 4.14. The van der Waals surface area contributed by atoms with Crippen molar-refractivity contribution in [2.75, 3.05) is 6.61 Å². The molecule has 3 heteroatoms. The van der Waals surface area contributed by atoms with Gasteiger partial charge in [-0.25, -0.2) is 4.39 Å². The van der Waals surface area contributed by atoms with E-state index in [0.717, 1.165) is 0 Å². The number of ether oxygens (including phenoxy) is 1. The molecule has 0 aliphatic rings. The van der Waals surface area contributed by atoms with Gasteiger partial charge < -0.3 is 9.84 Å². The average molecular weight is 208 g/mol. The Labute approximate surface area is 88.7 Å². The second-order valence-corrected chi connectivity index (χ2v) is 3.16. The third kappa shape index (κ3) is 3.26. The number of hydrogen-bond acceptors (Lipinski definition) is 2. The molecule has 1 atom stereocenters. The fraction of sp³-hybridized carbons (Fsp3) is 0.333. The lowest BCUT2D eigenvalue weighted by molar-refractivity contribution is 0.194. The molecule has 0 aromatic heterocycles. The van der Waals surface area contributed by atoms with Crippen molar-refractivity contribution in [3.63, 3.8) is 0 Å². The summed E-state index contributed by atoms with van der Waals surface area (Å²) in [5.41, 5.74) is 0.263. The van der Waals surface area contributed by atoms with Crippen LogP contribution >= 0.6 is 0 Å². The van der Waals surface area contributed by atoms with Crippen molar-refractivity contribution in [2.24, 2.45) is 0 Å². The maximum atomic E-state index is 13.3. The van der Waals surface area contributed by atoms with E-state index in [0.29, 0.717) is 18.8 Å². The van der Waals surface area contributed by atoms with Gasteiger partial charge in [-0.2, -0.15) is 0 Å². The monoisotopic (exact) mass is 208 g/mol. The van der Waals surface area contributed by atoms with Crippen LogP contribution in [0.2, 0.25) is 0 Å². The maximum absolute atomic E-state index is 13.3. The van der Waals surface area contributed by atoms with Crippen LogP contribution in [0.5, 0.6) is 5.75 Å². The Morgan fingerprint density at radius 3 is 2.87 bits per heavy atom. The summed E-state index contributed by atoms with van der Waals surface area (Å²) in [6.45, 7) is 1.88. The van der Waals surface area contributed by atoms with Crippen LogP contribution in [0.25, 0.3) is 0 Å². The molecule has 0 fully saturated rings. The average Bonchev–Trinajstić information content (AvgIpc) is 2.17. The molecule has 2 nitrogen and oxygen atoms in total. The highest BCUT2D eigenvalue weighted by molar-refractivity contribution is 5.30. The number of aliphatic hydroxyl groups excluding tert-OH is 1. The first kappa shape index (κ1) is 11.5. The van der Waals surface area contributed by atoms with E-state index in [2.05, 4.69) is 5.92 Å². The Bertz CT molecular complexity index is 366. The standard InChI is InChI=1S/C12H13FO2/c1-3-4-7-15-10-5-6-11(9(2)14)12(13)8-10/h1,5-6,8-9,14H,4,7H2,2H3/t9-/m0/s1. The molecule has 0 aliphatic heterocycles. The van der Waals surface area contributed by atoms with Crippen molar-refractivity contribution < 1.29 is 14.2 Å². The van der Waals surface area contributed by atoms with Gasteiger partial charge in [0, 0.05) is 18.1 Å². The molecule has 1 N–H and O–H groups in total. The Balaban J connectivity index is 2.70. The smallest absolute Gasteiger partial charge is 0.132 e. The number of aliphatic hydroxyl groups is 1. The van der Waals surface area contributed by atoms with E-state index in [4.69, 9.17) is 11.2 Å². The number of rotatable bonds is 4. The van der Waals surface area contributed by atoms with Crippen LogP contribution in [0.1, 0.15) is 25.0 Å². The summed E-state index contributed by atoms with van der Waals surface area (Å²) in [4.78, 5) is 0. The summed E-state index contributed by atoms with van der Waals surface area (Å²) in [6, 6.07) is 4.37. The van der Waals surface area contributed by atoms with E-state index < -0.39 is 11.9 Å². The molecule has 0 spiro atoms. The zero-order valence-corrected chi connectivity index (χ0v) is 8.53. The summed E-state index contributed by atoms with van der Waals surface area (Å²) in [7, 11) is 0. The minimum Gasteiger partial charge on any atom is -0.492 e. The molecule has 80 valence electrons. The van der Waals surface area contributed by atoms with Gasteiger partial charge in [-0.1, -0.05) is 0 Å². The molecule has 1 aromatic rings. The normalized spacial score (nSPS) is 11.9. The molecule has 1 aromatic carbocycles. The lowest BCUT2D eigenvalue weighted by atomic mass is 10.1. The van der Waals surface area contributed by atoms with Crippen LogP contribution in [0.15, 0.2) is 18.2 Å². The van der Waals surface area contributed by atoms with Crippen LogP contribution < -0.4 is 4.74 Å². The summed E-state index contributed by atoms with van der Waals surface area (Å²) in [5, 5.41) is 9.20. The first-order chi connectivity index (χ1) is 7.15. The van der Waals surface area contributed by atoms with Crippen LogP contribution in [0.4, 0.5) is 4.39 Å². The molecule has 0 unspecified atom stereocenters. The quantitative estimate of drug-likeness (QED) is 0.607. The molecule has 1 rings (SSSR count). The minimum absolute atomic E-state index is 0.263. The highest BCUT2D eigenvalue weighted by Crippen LogP contribution is 2.21. The summed E-state index contributed by atoms with van der Waals surface area (Å²) in [5.74, 6) is 2.38. The lowest BCUT2D eigenvalue weighted by Gasteiger charge is -2.08.